The summed E-state index contributed by atoms with van der Waals surface area (Å²) >= 11 is 0. The van der Waals surface area contributed by atoms with Crippen LogP contribution in [0, 0.1) is 6.92 Å². The topological polar surface area (TPSA) is 58.6 Å². The van der Waals surface area contributed by atoms with E-state index in [1.807, 2.05) is 12.1 Å². The van der Waals surface area contributed by atoms with Gasteiger partial charge in [0, 0.05) is 6.54 Å². The fourth-order valence-corrected chi connectivity index (χ4v) is 2.71. The molecular weight excluding hydrogens is 326 g/mol. The number of carbonyl (C=O) groups is 1. The predicted octanol–water partition coefficient (Wildman–Crippen LogP) is 4.00. The minimum atomic E-state index is -0.757. The Balaban J connectivity index is 1.58. The van der Waals surface area contributed by atoms with Crippen LogP contribution in [0.1, 0.15) is 36.0 Å². The van der Waals surface area contributed by atoms with Crippen molar-refractivity contribution in [1.82, 2.24) is 5.32 Å². The second-order valence-corrected chi connectivity index (χ2v) is 6.58. The first-order valence-corrected chi connectivity index (χ1v) is 9.33. The van der Waals surface area contributed by atoms with Gasteiger partial charge in [-0.25, -0.2) is 0 Å². The van der Waals surface area contributed by atoms with Crippen molar-refractivity contribution in [3.63, 3.8) is 0 Å². The van der Waals surface area contributed by atoms with Crippen molar-refractivity contribution in [2.24, 2.45) is 0 Å². The van der Waals surface area contributed by atoms with Crippen molar-refractivity contribution >= 4 is 5.97 Å². The van der Waals surface area contributed by atoms with Gasteiger partial charge in [-0.15, -0.1) is 0 Å². The molecule has 0 amide bonds. The zero-order chi connectivity index (χ0) is 18.6. The molecular formula is C22H29NO3. The lowest BCUT2D eigenvalue weighted by molar-refractivity contribution is -0.136. The first kappa shape index (κ1) is 20.0. The van der Waals surface area contributed by atoms with Crippen LogP contribution in [0.4, 0.5) is 0 Å². The lowest BCUT2D eigenvalue weighted by Crippen LogP contribution is -2.19. The number of nitrogens with one attached hydrogen (secondary N) is 1. The van der Waals surface area contributed by atoms with E-state index in [1.165, 1.54) is 16.7 Å². The molecule has 0 saturated heterocycles. The lowest BCUT2D eigenvalue weighted by atomic mass is 10.1. The summed E-state index contributed by atoms with van der Waals surface area (Å²) in [5.41, 5.74) is 3.92. The van der Waals surface area contributed by atoms with Crippen molar-refractivity contribution in [2.75, 3.05) is 19.7 Å². The van der Waals surface area contributed by atoms with Crippen LogP contribution in [-0.2, 0) is 17.6 Å². The van der Waals surface area contributed by atoms with E-state index in [1.54, 1.807) is 0 Å². The number of aryl methyl sites for hydroxylation is 3. The molecule has 4 nitrogen and oxygen atoms in total. The predicted molar refractivity (Wildman–Crippen MR) is 105 cm³/mol. The monoisotopic (exact) mass is 355 g/mol. The Bertz CT molecular complexity index is 650. The quantitative estimate of drug-likeness (QED) is 0.565. The summed E-state index contributed by atoms with van der Waals surface area (Å²) in [4.78, 5) is 10.4. The van der Waals surface area contributed by atoms with E-state index in [0.717, 1.165) is 44.6 Å². The maximum atomic E-state index is 10.4. The summed E-state index contributed by atoms with van der Waals surface area (Å²) in [6.45, 7) is 4.20. The first-order valence-electron chi connectivity index (χ1n) is 9.33. The molecule has 0 spiro atoms. The van der Waals surface area contributed by atoms with Gasteiger partial charge in [-0.05, 0) is 62.4 Å². The zero-order valence-electron chi connectivity index (χ0n) is 15.5. The number of aliphatic carboxylic acids is 1. The third kappa shape index (κ3) is 8.17. The fourth-order valence-electron chi connectivity index (χ4n) is 2.71. The van der Waals surface area contributed by atoms with Crippen LogP contribution in [0.3, 0.4) is 0 Å². The molecule has 140 valence electrons. The van der Waals surface area contributed by atoms with Crippen LogP contribution in [0.15, 0.2) is 48.5 Å². The zero-order valence-corrected chi connectivity index (χ0v) is 15.5. The molecule has 2 N–H and O–H groups in total. The number of carboxylic acids is 1. The molecule has 2 aromatic carbocycles. The number of hydrogen-bond acceptors (Lipinski definition) is 3. The fraction of sp³-hybridized carbons (Fsp3) is 0.409. The normalized spacial score (nSPS) is 10.7. The Morgan fingerprint density at radius 3 is 2.19 bits per heavy atom. The van der Waals surface area contributed by atoms with Crippen LogP contribution in [0.5, 0.6) is 5.75 Å². The van der Waals surface area contributed by atoms with E-state index in [2.05, 4.69) is 48.6 Å². The van der Waals surface area contributed by atoms with Crippen molar-refractivity contribution in [3.05, 3.63) is 65.2 Å². The van der Waals surface area contributed by atoms with Gasteiger partial charge in [-0.2, -0.15) is 0 Å². The highest BCUT2D eigenvalue weighted by Gasteiger charge is 1.99. The maximum Gasteiger partial charge on any atom is 0.304 e. The highest BCUT2D eigenvalue weighted by atomic mass is 16.5. The minimum Gasteiger partial charge on any atom is -0.494 e. The highest BCUT2D eigenvalue weighted by Crippen LogP contribution is 2.14. The third-order valence-corrected chi connectivity index (χ3v) is 4.26. The van der Waals surface area contributed by atoms with Gasteiger partial charge in [0.1, 0.15) is 5.75 Å². The molecule has 4 heteroatoms. The highest BCUT2D eigenvalue weighted by molar-refractivity contribution is 5.66. The standard InChI is InChI=1S/C22H29NO3/c1-18-6-8-20(9-7-18)5-3-17-26-21-12-10-19(11-13-21)4-2-15-23-16-14-22(24)25/h6-13,23H,2-5,14-17H2,1H3,(H,24,25). The SMILES string of the molecule is Cc1ccc(CCCOc2ccc(CCCNCCC(=O)O)cc2)cc1. The van der Waals surface area contributed by atoms with Gasteiger partial charge >= 0.3 is 5.97 Å². The van der Waals surface area contributed by atoms with Crippen molar-refractivity contribution in [1.29, 1.82) is 0 Å². The largest absolute Gasteiger partial charge is 0.494 e. The van der Waals surface area contributed by atoms with Crippen LogP contribution in [0.2, 0.25) is 0 Å². The van der Waals surface area contributed by atoms with Gasteiger partial charge in [-0.1, -0.05) is 42.0 Å². The van der Waals surface area contributed by atoms with E-state index in [-0.39, 0.29) is 6.42 Å². The maximum absolute atomic E-state index is 10.4. The van der Waals surface area contributed by atoms with E-state index in [4.69, 9.17) is 9.84 Å². The average molecular weight is 355 g/mol. The molecule has 0 heterocycles. The molecule has 0 atom stereocenters. The van der Waals surface area contributed by atoms with E-state index < -0.39 is 5.97 Å². The Labute approximate surface area is 156 Å². The van der Waals surface area contributed by atoms with Crippen LogP contribution in [0.25, 0.3) is 0 Å². The molecule has 0 aliphatic rings. The van der Waals surface area contributed by atoms with Gasteiger partial charge in [0.2, 0.25) is 0 Å². The third-order valence-electron chi connectivity index (χ3n) is 4.26. The van der Waals surface area contributed by atoms with Crippen molar-refractivity contribution in [2.45, 2.75) is 39.0 Å². The van der Waals surface area contributed by atoms with E-state index in [0.29, 0.717) is 6.54 Å². The Hall–Kier alpha value is -2.33. The Morgan fingerprint density at radius 1 is 0.923 bits per heavy atom. The molecule has 0 radical (unpaired) electrons. The Morgan fingerprint density at radius 2 is 1.54 bits per heavy atom. The molecule has 2 rings (SSSR count). The Kier molecular flexibility index (Phi) is 8.70. The first-order chi connectivity index (χ1) is 12.6. The summed E-state index contributed by atoms with van der Waals surface area (Å²) in [6, 6.07) is 16.9. The van der Waals surface area contributed by atoms with Crippen LogP contribution >= 0.6 is 0 Å². The van der Waals surface area contributed by atoms with E-state index in [9.17, 15) is 4.79 Å². The van der Waals surface area contributed by atoms with Crippen molar-refractivity contribution < 1.29 is 14.6 Å². The number of rotatable bonds is 12. The second-order valence-electron chi connectivity index (χ2n) is 6.58. The second kappa shape index (κ2) is 11.3. The van der Waals surface area contributed by atoms with Crippen molar-refractivity contribution in [3.8, 4) is 5.75 Å². The molecule has 0 aromatic heterocycles. The number of benzene rings is 2. The number of carboxylic acid groups (broad SMARTS) is 1. The molecule has 0 fully saturated rings. The molecule has 26 heavy (non-hydrogen) atoms. The van der Waals surface area contributed by atoms with Gasteiger partial charge in [0.05, 0.1) is 13.0 Å². The van der Waals surface area contributed by atoms with Gasteiger partial charge < -0.3 is 15.2 Å². The summed E-state index contributed by atoms with van der Waals surface area (Å²) in [7, 11) is 0. The molecule has 2 aromatic rings. The van der Waals surface area contributed by atoms with Crippen LogP contribution < -0.4 is 10.1 Å². The molecule has 0 saturated carbocycles. The molecule has 0 aliphatic heterocycles. The van der Waals surface area contributed by atoms with E-state index >= 15 is 0 Å². The summed E-state index contributed by atoms with van der Waals surface area (Å²) in [6.07, 6.45) is 4.19. The van der Waals surface area contributed by atoms with Gasteiger partial charge in [0.25, 0.3) is 0 Å². The molecule has 0 unspecified atom stereocenters. The average Bonchev–Trinajstić information content (AvgIpc) is 2.64. The molecule has 0 aliphatic carbocycles. The smallest absolute Gasteiger partial charge is 0.304 e. The van der Waals surface area contributed by atoms with Gasteiger partial charge in [-0.3, -0.25) is 4.79 Å². The summed E-state index contributed by atoms with van der Waals surface area (Å²) < 4.78 is 5.82. The van der Waals surface area contributed by atoms with Crippen LogP contribution in [-0.4, -0.2) is 30.8 Å². The lowest BCUT2D eigenvalue weighted by Gasteiger charge is -2.08. The number of hydrogen-bond donors (Lipinski definition) is 2. The van der Waals surface area contributed by atoms with Gasteiger partial charge in [0.15, 0.2) is 0 Å². The minimum absolute atomic E-state index is 0.177. The summed E-state index contributed by atoms with van der Waals surface area (Å²) in [5.74, 6) is 0.157. The summed E-state index contributed by atoms with van der Waals surface area (Å²) in [5, 5.41) is 11.7. The molecule has 0 bridgehead atoms. The number of ether oxygens (including phenoxy) is 1.